The molecular weight excluding hydrogens is 344 g/mol. The Bertz CT molecular complexity index is 783. The van der Waals surface area contributed by atoms with Crippen molar-refractivity contribution in [2.75, 3.05) is 37.0 Å². The third-order valence-electron chi connectivity index (χ3n) is 4.53. The number of rotatable bonds is 6. The molecule has 1 saturated heterocycles. The van der Waals surface area contributed by atoms with E-state index in [1.54, 1.807) is 24.3 Å². The second-order valence-electron chi connectivity index (χ2n) is 6.42. The maximum Gasteiger partial charge on any atom is 0.342 e. The van der Waals surface area contributed by atoms with Crippen molar-refractivity contribution in [3.8, 4) is 5.75 Å². The van der Waals surface area contributed by atoms with Crippen LogP contribution in [-0.4, -0.2) is 38.7 Å². The van der Waals surface area contributed by atoms with Gasteiger partial charge in [-0.05, 0) is 55.7 Å². The monoisotopic (exact) mass is 368 g/mol. The van der Waals surface area contributed by atoms with Gasteiger partial charge in [0.05, 0.1) is 7.11 Å². The Labute approximate surface area is 159 Å². The molecule has 0 bridgehead atoms. The van der Waals surface area contributed by atoms with Crippen LogP contribution >= 0.6 is 0 Å². The van der Waals surface area contributed by atoms with Crippen LogP contribution in [0.15, 0.2) is 48.5 Å². The Kier molecular flexibility index (Phi) is 6.30. The Hall–Kier alpha value is -3.02. The van der Waals surface area contributed by atoms with Crippen LogP contribution in [0.1, 0.15) is 29.6 Å². The van der Waals surface area contributed by atoms with Crippen LogP contribution in [-0.2, 0) is 9.53 Å². The molecule has 6 nitrogen and oxygen atoms in total. The van der Waals surface area contributed by atoms with Gasteiger partial charge in [0.25, 0.3) is 5.91 Å². The lowest BCUT2D eigenvalue weighted by Crippen LogP contribution is -2.29. The van der Waals surface area contributed by atoms with Gasteiger partial charge in [-0.3, -0.25) is 4.79 Å². The van der Waals surface area contributed by atoms with Crippen LogP contribution in [0.5, 0.6) is 5.75 Å². The maximum absolute atomic E-state index is 12.1. The van der Waals surface area contributed by atoms with E-state index in [1.807, 2.05) is 24.3 Å². The van der Waals surface area contributed by atoms with E-state index in [2.05, 4.69) is 10.2 Å². The quantitative estimate of drug-likeness (QED) is 0.791. The summed E-state index contributed by atoms with van der Waals surface area (Å²) in [6.45, 7) is 1.79. The number of carbonyl (C=O) groups excluding carboxylic acids is 2. The number of esters is 1. The number of anilines is 2. The molecule has 1 fully saturated rings. The van der Waals surface area contributed by atoms with Crippen LogP contribution < -0.4 is 15.0 Å². The van der Waals surface area contributed by atoms with E-state index in [1.165, 1.54) is 26.4 Å². The van der Waals surface area contributed by atoms with Crippen molar-refractivity contribution in [2.45, 2.75) is 19.3 Å². The van der Waals surface area contributed by atoms with Gasteiger partial charge in [-0.2, -0.15) is 0 Å². The molecule has 1 aliphatic rings. The molecule has 0 aromatic heterocycles. The number of carbonyl (C=O) groups is 2. The van der Waals surface area contributed by atoms with Crippen molar-refractivity contribution in [3.05, 3.63) is 54.1 Å². The summed E-state index contributed by atoms with van der Waals surface area (Å²) in [6, 6.07) is 14.5. The summed E-state index contributed by atoms with van der Waals surface area (Å²) < 4.78 is 10.2. The first-order chi connectivity index (χ1) is 13.2. The van der Waals surface area contributed by atoms with E-state index in [9.17, 15) is 9.59 Å². The molecule has 142 valence electrons. The molecule has 1 N–H and O–H groups in total. The molecule has 1 aliphatic heterocycles. The third kappa shape index (κ3) is 5.00. The van der Waals surface area contributed by atoms with Crippen molar-refractivity contribution in [3.63, 3.8) is 0 Å². The van der Waals surface area contributed by atoms with E-state index in [-0.39, 0.29) is 12.5 Å². The highest BCUT2D eigenvalue weighted by Gasteiger charge is 2.15. The van der Waals surface area contributed by atoms with Gasteiger partial charge in [0.2, 0.25) is 0 Å². The number of amides is 1. The Morgan fingerprint density at radius 3 is 2.41 bits per heavy atom. The number of para-hydroxylation sites is 1. The number of hydrogen-bond donors (Lipinski definition) is 1. The summed E-state index contributed by atoms with van der Waals surface area (Å²) in [5.41, 5.74) is 2.13. The molecule has 2 aromatic rings. The molecular formula is C21H24N2O4. The van der Waals surface area contributed by atoms with E-state index >= 15 is 0 Å². The van der Waals surface area contributed by atoms with Crippen molar-refractivity contribution >= 4 is 23.3 Å². The van der Waals surface area contributed by atoms with E-state index in [0.717, 1.165) is 18.8 Å². The first-order valence-electron chi connectivity index (χ1n) is 9.12. The molecule has 2 aromatic carbocycles. The summed E-state index contributed by atoms with van der Waals surface area (Å²) in [5.74, 6) is -0.566. The van der Waals surface area contributed by atoms with Gasteiger partial charge in [0, 0.05) is 24.5 Å². The molecule has 1 amide bonds. The number of ether oxygens (including phenoxy) is 2. The number of hydrogen-bond acceptors (Lipinski definition) is 5. The average molecular weight is 368 g/mol. The molecule has 27 heavy (non-hydrogen) atoms. The lowest BCUT2D eigenvalue weighted by atomic mass is 10.1. The summed E-state index contributed by atoms with van der Waals surface area (Å²) in [5, 5.41) is 2.74. The Morgan fingerprint density at radius 1 is 1.00 bits per heavy atom. The minimum atomic E-state index is -0.594. The van der Waals surface area contributed by atoms with Crippen LogP contribution in [0.3, 0.4) is 0 Å². The lowest BCUT2D eigenvalue weighted by Gasteiger charge is -2.28. The normalized spacial score (nSPS) is 13.7. The summed E-state index contributed by atoms with van der Waals surface area (Å²) in [4.78, 5) is 26.5. The standard InChI is InChI=1S/C21H24N2O4/c1-26-19-8-4-3-7-18(19)21(25)27-15-20(24)22-16-9-11-17(12-10-16)23-13-5-2-6-14-23/h3-4,7-12H,2,5-6,13-15H2,1H3,(H,22,24). The topological polar surface area (TPSA) is 67.9 Å². The molecule has 3 rings (SSSR count). The highest BCUT2D eigenvalue weighted by Crippen LogP contribution is 2.22. The molecule has 0 radical (unpaired) electrons. The van der Waals surface area contributed by atoms with Crippen molar-refractivity contribution in [1.82, 2.24) is 0 Å². The zero-order chi connectivity index (χ0) is 19.1. The minimum Gasteiger partial charge on any atom is -0.496 e. The molecule has 0 spiro atoms. The zero-order valence-corrected chi connectivity index (χ0v) is 15.4. The van der Waals surface area contributed by atoms with Gasteiger partial charge < -0.3 is 19.7 Å². The van der Waals surface area contributed by atoms with Crippen molar-refractivity contribution in [1.29, 1.82) is 0 Å². The van der Waals surface area contributed by atoms with Crippen LogP contribution in [0.25, 0.3) is 0 Å². The number of nitrogens with zero attached hydrogens (tertiary/aromatic N) is 1. The van der Waals surface area contributed by atoms with Gasteiger partial charge in [-0.15, -0.1) is 0 Å². The van der Waals surface area contributed by atoms with Gasteiger partial charge in [-0.1, -0.05) is 12.1 Å². The van der Waals surface area contributed by atoms with Gasteiger partial charge in [0.15, 0.2) is 6.61 Å². The molecule has 0 aliphatic carbocycles. The van der Waals surface area contributed by atoms with Crippen molar-refractivity contribution in [2.24, 2.45) is 0 Å². The third-order valence-corrected chi connectivity index (χ3v) is 4.53. The van der Waals surface area contributed by atoms with Gasteiger partial charge in [0.1, 0.15) is 11.3 Å². The van der Waals surface area contributed by atoms with E-state index in [4.69, 9.17) is 9.47 Å². The number of benzene rings is 2. The van der Waals surface area contributed by atoms with Crippen molar-refractivity contribution < 1.29 is 19.1 Å². The summed E-state index contributed by atoms with van der Waals surface area (Å²) >= 11 is 0. The fraction of sp³-hybridized carbons (Fsp3) is 0.333. The molecule has 6 heteroatoms. The second-order valence-corrected chi connectivity index (χ2v) is 6.42. The Morgan fingerprint density at radius 2 is 1.70 bits per heavy atom. The predicted octanol–water partition coefficient (Wildman–Crippen LogP) is 3.48. The lowest BCUT2D eigenvalue weighted by molar-refractivity contribution is -0.119. The zero-order valence-electron chi connectivity index (χ0n) is 15.4. The summed E-state index contributed by atoms with van der Waals surface area (Å²) in [6.07, 6.45) is 3.73. The van der Waals surface area contributed by atoms with Crippen LogP contribution in [0.2, 0.25) is 0 Å². The smallest absolute Gasteiger partial charge is 0.342 e. The first kappa shape index (κ1) is 18.8. The number of methoxy groups -OCH3 is 1. The molecule has 0 unspecified atom stereocenters. The predicted molar refractivity (Wildman–Crippen MR) is 104 cm³/mol. The highest BCUT2D eigenvalue weighted by atomic mass is 16.5. The molecule has 1 heterocycles. The first-order valence-corrected chi connectivity index (χ1v) is 9.12. The largest absolute Gasteiger partial charge is 0.496 e. The van der Waals surface area contributed by atoms with Gasteiger partial charge >= 0.3 is 5.97 Å². The summed E-state index contributed by atoms with van der Waals surface area (Å²) in [7, 11) is 1.48. The van der Waals surface area contributed by atoms with Gasteiger partial charge in [-0.25, -0.2) is 4.79 Å². The molecule has 0 saturated carbocycles. The SMILES string of the molecule is COc1ccccc1C(=O)OCC(=O)Nc1ccc(N2CCCCC2)cc1. The Balaban J connectivity index is 1.51. The number of nitrogens with one attached hydrogen (secondary N) is 1. The fourth-order valence-corrected chi connectivity index (χ4v) is 3.13. The second kappa shape index (κ2) is 9.07. The van der Waals surface area contributed by atoms with Crippen LogP contribution in [0.4, 0.5) is 11.4 Å². The maximum atomic E-state index is 12.1. The highest BCUT2D eigenvalue weighted by molar-refractivity contribution is 5.96. The number of piperidine rings is 1. The minimum absolute atomic E-state index is 0.290. The fourth-order valence-electron chi connectivity index (χ4n) is 3.13. The van der Waals surface area contributed by atoms with E-state index < -0.39 is 5.97 Å². The van der Waals surface area contributed by atoms with Crippen LogP contribution in [0, 0.1) is 0 Å². The average Bonchev–Trinajstić information content (AvgIpc) is 2.73. The van der Waals surface area contributed by atoms with E-state index in [0.29, 0.717) is 17.0 Å². The molecule has 0 atom stereocenters.